The number of nitrogens with zero attached hydrogens (tertiary/aromatic N) is 1. The third-order valence-electron chi connectivity index (χ3n) is 11.8. The van der Waals surface area contributed by atoms with Crippen LogP contribution in [-0.4, -0.2) is 0 Å². The Morgan fingerprint density at radius 2 is 0.737 bits per heavy atom. The first-order valence-electron chi connectivity index (χ1n) is 19.6. The Labute approximate surface area is 337 Å². The van der Waals surface area contributed by atoms with Crippen molar-refractivity contribution < 1.29 is 0 Å². The molecule has 57 heavy (non-hydrogen) atoms. The molecule has 0 fully saturated rings. The molecule has 0 unspecified atom stereocenters. The number of hydrogen-bond donors (Lipinski definition) is 0. The molecule has 1 aliphatic rings. The van der Waals surface area contributed by atoms with E-state index in [1.165, 1.54) is 75.8 Å². The zero-order chi connectivity index (χ0) is 37.8. The van der Waals surface area contributed by atoms with E-state index in [0.29, 0.717) is 0 Å². The van der Waals surface area contributed by atoms with Crippen molar-refractivity contribution in [2.45, 2.75) is 5.41 Å². The highest BCUT2D eigenvalue weighted by Crippen LogP contribution is 2.56. The van der Waals surface area contributed by atoms with Gasteiger partial charge in [-0.2, -0.15) is 0 Å². The monoisotopic (exact) mass is 743 g/mol. The predicted octanol–water partition coefficient (Wildman–Crippen LogP) is 15.2. The van der Waals surface area contributed by atoms with Crippen LogP contribution in [0.5, 0.6) is 0 Å². The van der Waals surface area contributed by atoms with E-state index < -0.39 is 5.41 Å². The van der Waals surface area contributed by atoms with Gasteiger partial charge in [0.05, 0.1) is 5.41 Å². The summed E-state index contributed by atoms with van der Waals surface area (Å²) in [5, 5.41) is 2.57. The number of thiophene rings is 1. The summed E-state index contributed by atoms with van der Waals surface area (Å²) in [5.74, 6) is 0. The van der Waals surface area contributed by atoms with Gasteiger partial charge in [0, 0.05) is 37.2 Å². The lowest BCUT2D eigenvalue weighted by Crippen LogP contribution is -2.28. The van der Waals surface area contributed by atoms with Crippen LogP contribution in [0, 0.1) is 0 Å². The minimum absolute atomic E-state index is 0.418. The number of benzene rings is 9. The molecule has 0 amide bonds. The molecule has 0 aliphatic heterocycles. The quantitative estimate of drug-likeness (QED) is 0.157. The number of fused-ring (bicyclic) bond motifs is 6. The van der Waals surface area contributed by atoms with E-state index in [4.69, 9.17) is 0 Å². The summed E-state index contributed by atoms with van der Waals surface area (Å²) in [6, 6.07) is 82.3. The van der Waals surface area contributed by atoms with Crippen molar-refractivity contribution in [3.63, 3.8) is 0 Å². The fraction of sp³-hybridized carbons (Fsp3) is 0.0182. The molecule has 0 bridgehead atoms. The summed E-state index contributed by atoms with van der Waals surface area (Å²) in [6.07, 6.45) is 0. The molecule has 1 aliphatic carbocycles. The van der Waals surface area contributed by atoms with Gasteiger partial charge >= 0.3 is 0 Å². The second kappa shape index (κ2) is 13.6. The fourth-order valence-electron chi connectivity index (χ4n) is 9.16. The zero-order valence-electron chi connectivity index (χ0n) is 31.2. The SMILES string of the molecule is c1ccc(-c2ccc(N(c3ccc(-c4ccccc4)cc3)c3ccc4c(c3)sc3cc(C5(c6ccccc6)c6ccccc6-c6ccccc65)ccc34)cc2)cc1. The van der Waals surface area contributed by atoms with Crippen molar-refractivity contribution in [3.05, 3.63) is 247 Å². The molecule has 2 heteroatoms. The van der Waals surface area contributed by atoms with Crippen molar-refractivity contribution in [3.8, 4) is 33.4 Å². The molecular weight excluding hydrogens is 707 g/mol. The number of anilines is 3. The number of rotatable bonds is 7. The molecule has 0 atom stereocenters. The van der Waals surface area contributed by atoms with E-state index in [9.17, 15) is 0 Å². The smallest absolute Gasteiger partial charge is 0.0714 e. The molecule has 9 aromatic carbocycles. The average molecular weight is 744 g/mol. The summed E-state index contributed by atoms with van der Waals surface area (Å²) in [5.41, 5.74) is 15.7. The van der Waals surface area contributed by atoms with E-state index in [2.05, 4.69) is 229 Å². The standard InChI is InChI=1S/C55H37NS/c1-4-14-38(15-5-1)40-24-29-44(30-25-40)56(45-31-26-41(27-32-45)39-16-6-2-7-17-39)46-33-35-50-49-34-28-43(36-53(49)57-54(50)37-46)55(42-18-8-3-9-19-42)51-22-12-10-20-47(51)48-21-11-13-23-52(48)55/h1-37H. The molecule has 11 rings (SSSR count). The molecule has 0 spiro atoms. The lowest BCUT2D eigenvalue weighted by atomic mass is 9.67. The van der Waals surface area contributed by atoms with Gasteiger partial charge in [-0.15, -0.1) is 11.3 Å². The third-order valence-corrected chi connectivity index (χ3v) is 12.9. The van der Waals surface area contributed by atoms with Gasteiger partial charge in [0.25, 0.3) is 0 Å². The van der Waals surface area contributed by atoms with E-state index in [-0.39, 0.29) is 0 Å². The van der Waals surface area contributed by atoms with Crippen LogP contribution in [0.15, 0.2) is 224 Å². The molecule has 10 aromatic rings. The van der Waals surface area contributed by atoms with Gasteiger partial charge in [-0.05, 0) is 98.1 Å². The second-order valence-electron chi connectivity index (χ2n) is 14.9. The third kappa shape index (κ3) is 5.44. The maximum absolute atomic E-state index is 2.47. The van der Waals surface area contributed by atoms with Gasteiger partial charge in [0.1, 0.15) is 0 Å². The maximum atomic E-state index is 2.47. The normalized spacial score (nSPS) is 12.7. The lowest BCUT2D eigenvalue weighted by molar-refractivity contribution is 0.770. The van der Waals surface area contributed by atoms with Crippen LogP contribution in [-0.2, 0) is 5.41 Å². The van der Waals surface area contributed by atoms with E-state index in [1.807, 2.05) is 11.3 Å². The summed E-state index contributed by atoms with van der Waals surface area (Å²) >= 11 is 1.89. The minimum Gasteiger partial charge on any atom is -0.310 e. The summed E-state index contributed by atoms with van der Waals surface area (Å²) in [7, 11) is 0. The van der Waals surface area contributed by atoms with Crippen LogP contribution in [0.25, 0.3) is 53.6 Å². The van der Waals surface area contributed by atoms with Crippen LogP contribution >= 0.6 is 11.3 Å². The zero-order valence-corrected chi connectivity index (χ0v) is 32.0. The van der Waals surface area contributed by atoms with Gasteiger partial charge in [0.15, 0.2) is 0 Å². The van der Waals surface area contributed by atoms with Gasteiger partial charge in [0.2, 0.25) is 0 Å². The van der Waals surface area contributed by atoms with Crippen LogP contribution < -0.4 is 4.90 Å². The molecule has 1 nitrogen and oxygen atoms in total. The minimum atomic E-state index is -0.418. The maximum Gasteiger partial charge on any atom is 0.0714 e. The van der Waals surface area contributed by atoms with Gasteiger partial charge in [-0.25, -0.2) is 0 Å². The molecule has 268 valence electrons. The van der Waals surface area contributed by atoms with E-state index in [0.717, 1.165) is 17.1 Å². The fourth-order valence-corrected chi connectivity index (χ4v) is 10.3. The highest BCUT2D eigenvalue weighted by atomic mass is 32.1. The molecular formula is C55H37NS. The first kappa shape index (κ1) is 33.3. The Balaban J connectivity index is 1.05. The highest BCUT2D eigenvalue weighted by molar-refractivity contribution is 7.25. The number of hydrogen-bond acceptors (Lipinski definition) is 2. The lowest BCUT2D eigenvalue weighted by Gasteiger charge is -2.33. The van der Waals surface area contributed by atoms with Crippen LogP contribution in [0.4, 0.5) is 17.1 Å². The second-order valence-corrected chi connectivity index (χ2v) is 15.9. The van der Waals surface area contributed by atoms with Crippen molar-refractivity contribution in [2.24, 2.45) is 0 Å². The summed E-state index contributed by atoms with van der Waals surface area (Å²) in [4.78, 5) is 2.38. The summed E-state index contributed by atoms with van der Waals surface area (Å²) in [6.45, 7) is 0. The predicted molar refractivity (Wildman–Crippen MR) is 242 cm³/mol. The van der Waals surface area contributed by atoms with E-state index in [1.54, 1.807) is 0 Å². The molecule has 1 heterocycles. The molecule has 1 aromatic heterocycles. The van der Waals surface area contributed by atoms with Crippen LogP contribution in [0.1, 0.15) is 22.3 Å². The van der Waals surface area contributed by atoms with Gasteiger partial charge in [-0.3, -0.25) is 0 Å². The van der Waals surface area contributed by atoms with Crippen molar-refractivity contribution in [1.29, 1.82) is 0 Å². The first-order chi connectivity index (χ1) is 28.3. The Morgan fingerprint density at radius 3 is 1.28 bits per heavy atom. The van der Waals surface area contributed by atoms with Gasteiger partial charge < -0.3 is 4.90 Å². The Hall–Kier alpha value is -7.00. The van der Waals surface area contributed by atoms with Crippen LogP contribution in [0.3, 0.4) is 0 Å². The van der Waals surface area contributed by atoms with Gasteiger partial charge in [-0.1, -0.05) is 182 Å². The van der Waals surface area contributed by atoms with E-state index >= 15 is 0 Å². The topological polar surface area (TPSA) is 3.24 Å². The Bertz CT molecular complexity index is 2910. The Morgan fingerprint density at radius 1 is 0.316 bits per heavy atom. The van der Waals surface area contributed by atoms with Crippen molar-refractivity contribution >= 4 is 48.6 Å². The Kier molecular flexibility index (Phi) is 7.98. The van der Waals surface area contributed by atoms with Crippen molar-refractivity contribution in [1.82, 2.24) is 0 Å². The summed E-state index contributed by atoms with van der Waals surface area (Å²) < 4.78 is 2.57. The molecule has 0 saturated heterocycles. The molecule has 0 N–H and O–H groups in total. The van der Waals surface area contributed by atoms with Crippen LogP contribution in [0.2, 0.25) is 0 Å². The molecule has 0 saturated carbocycles. The molecule has 0 radical (unpaired) electrons. The van der Waals surface area contributed by atoms with Crippen molar-refractivity contribution in [2.75, 3.05) is 4.90 Å². The first-order valence-corrected chi connectivity index (χ1v) is 20.4. The largest absolute Gasteiger partial charge is 0.310 e. The average Bonchev–Trinajstić information content (AvgIpc) is 3.81. The highest BCUT2D eigenvalue weighted by Gasteiger charge is 2.45.